The number of amides is 1. The van der Waals surface area contributed by atoms with Crippen LogP contribution in [0, 0.1) is 12.8 Å². The minimum Gasteiger partial charge on any atom is -0.479 e. The summed E-state index contributed by atoms with van der Waals surface area (Å²) in [6.07, 6.45) is -0.548. The van der Waals surface area contributed by atoms with Crippen molar-refractivity contribution in [2.24, 2.45) is 5.92 Å². The van der Waals surface area contributed by atoms with E-state index in [0.29, 0.717) is 23.9 Å². The van der Waals surface area contributed by atoms with Crippen molar-refractivity contribution in [2.45, 2.75) is 33.8 Å². The fourth-order valence-electron chi connectivity index (χ4n) is 1.45. The molecule has 18 heavy (non-hydrogen) atoms. The minimum atomic E-state index is -0.548. The van der Waals surface area contributed by atoms with E-state index in [2.05, 4.69) is 5.32 Å². The summed E-state index contributed by atoms with van der Waals surface area (Å²) in [6, 6.07) is 5.54. The summed E-state index contributed by atoms with van der Waals surface area (Å²) in [6.45, 7) is 8.37. The lowest BCUT2D eigenvalue weighted by atomic mass is 10.2. The first-order valence-corrected chi connectivity index (χ1v) is 6.21. The molecule has 0 fully saturated rings. The van der Waals surface area contributed by atoms with Crippen molar-refractivity contribution >= 4 is 11.6 Å². The fourth-order valence-corrected chi connectivity index (χ4v) is 1.45. The second-order valence-electron chi connectivity index (χ2n) is 4.89. The van der Waals surface area contributed by atoms with Crippen LogP contribution >= 0.6 is 0 Å². The standard InChI is InChI=1S/C14H22N2O2/c1-9(2)8-16-14(17)11(4)18-12-7-5-6-10(3)13(12)15/h5-7,9,11H,8,15H2,1-4H3,(H,16,17). The largest absolute Gasteiger partial charge is 0.479 e. The molecule has 0 aliphatic heterocycles. The van der Waals surface area contributed by atoms with Gasteiger partial charge < -0.3 is 15.8 Å². The quantitative estimate of drug-likeness (QED) is 0.787. The second-order valence-corrected chi connectivity index (χ2v) is 4.89. The molecular formula is C14H22N2O2. The van der Waals surface area contributed by atoms with E-state index in [1.807, 2.05) is 32.9 Å². The number of nitrogen functional groups attached to an aromatic ring is 1. The van der Waals surface area contributed by atoms with Gasteiger partial charge >= 0.3 is 0 Å². The first kappa shape index (κ1) is 14.4. The van der Waals surface area contributed by atoms with Gasteiger partial charge in [0.1, 0.15) is 5.75 Å². The van der Waals surface area contributed by atoms with Crippen molar-refractivity contribution in [1.29, 1.82) is 0 Å². The number of benzene rings is 1. The summed E-state index contributed by atoms with van der Waals surface area (Å²) in [5, 5.41) is 2.83. The third-order valence-corrected chi connectivity index (χ3v) is 2.64. The van der Waals surface area contributed by atoms with E-state index in [9.17, 15) is 4.79 Å². The summed E-state index contributed by atoms with van der Waals surface area (Å²) >= 11 is 0. The van der Waals surface area contributed by atoms with Gasteiger partial charge in [0, 0.05) is 6.54 Å². The molecule has 0 saturated carbocycles. The van der Waals surface area contributed by atoms with E-state index < -0.39 is 6.10 Å². The van der Waals surface area contributed by atoms with E-state index in [-0.39, 0.29) is 5.91 Å². The van der Waals surface area contributed by atoms with Crippen LogP contribution in [0.3, 0.4) is 0 Å². The van der Waals surface area contributed by atoms with Crippen molar-refractivity contribution in [1.82, 2.24) is 5.32 Å². The summed E-state index contributed by atoms with van der Waals surface area (Å²) < 4.78 is 5.58. The van der Waals surface area contributed by atoms with Gasteiger partial charge in [-0.15, -0.1) is 0 Å². The van der Waals surface area contributed by atoms with Crippen LogP contribution in [0.4, 0.5) is 5.69 Å². The number of hydrogen-bond donors (Lipinski definition) is 2. The maximum absolute atomic E-state index is 11.8. The molecule has 3 N–H and O–H groups in total. The van der Waals surface area contributed by atoms with Crippen LogP contribution in [0.1, 0.15) is 26.3 Å². The second kappa shape index (κ2) is 6.28. The fraction of sp³-hybridized carbons (Fsp3) is 0.500. The molecule has 0 aliphatic rings. The maximum Gasteiger partial charge on any atom is 0.260 e. The third-order valence-electron chi connectivity index (χ3n) is 2.64. The molecule has 1 aromatic carbocycles. The molecule has 4 nitrogen and oxygen atoms in total. The predicted octanol–water partition coefficient (Wildman–Crippen LogP) is 2.12. The monoisotopic (exact) mass is 250 g/mol. The molecular weight excluding hydrogens is 228 g/mol. The van der Waals surface area contributed by atoms with Gasteiger partial charge in [0.15, 0.2) is 6.10 Å². The van der Waals surface area contributed by atoms with Crippen LogP contribution in [0.2, 0.25) is 0 Å². The van der Waals surface area contributed by atoms with Crippen LogP contribution in [0.25, 0.3) is 0 Å². The molecule has 0 aromatic heterocycles. The maximum atomic E-state index is 11.8. The highest BCUT2D eigenvalue weighted by atomic mass is 16.5. The van der Waals surface area contributed by atoms with Crippen molar-refractivity contribution in [3.63, 3.8) is 0 Å². The van der Waals surface area contributed by atoms with Gasteiger partial charge in [-0.3, -0.25) is 4.79 Å². The summed E-state index contributed by atoms with van der Waals surface area (Å²) in [5.74, 6) is 0.858. The number of nitrogens with two attached hydrogens (primary N) is 1. The van der Waals surface area contributed by atoms with Gasteiger partial charge in [-0.1, -0.05) is 26.0 Å². The van der Waals surface area contributed by atoms with Crippen LogP contribution < -0.4 is 15.8 Å². The Hall–Kier alpha value is -1.71. The van der Waals surface area contributed by atoms with Crippen molar-refractivity contribution in [3.05, 3.63) is 23.8 Å². The van der Waals surface area contributed by atoms with Gasteiger partial charge in [-0.05, 0) is 31.4 Å². The average molecular weight is 250 g/mol. The number of hydrogen-bond acceptors (Lipinski definition) is 3. The topological polar surface area (TPSA) is 64.3 Å². The Labute approximate surface area is 109 Å². The Morgan fingerprint density at radius 3 is 2.67 bits per heavy atom. The van der Waals surface area contributed by atoms with Gasteiger partial charge in [0.05, 0.1) is 5.69 Å². The number of nitrogens with one attached hydrogen (secondary N) is 1. The van der Waals surface area contributed by atoms with Crippen LogP contribution in [0.5, 0.6) is 5.75 Å². The number of aryl methyl sites for hydroxylation is 1. The molecule has 0 spiro atoms. The summed E-state index contributed by atoms with van der Waals surface area (Å²) in [4.78, 5) is 11.8. The summed E-state index contributed by atoms with van der Waals surface area (Å²) in [5.41, 5.74) is 7.43. The van der Waals surface area contributed by atoms with E-state index in [1.165, 1.54) is 0 Å². The van der Waals surface area contributed by atoms with Crippen LogP contribution in [-0.2, 0) is 4.79 Å². The Morgan fingerprint density at radius 1 is 1.39 bits per heavy atom. The molecule has 0 radical (unpaired) electrons. The van der Waals surface area contributed by atoms with Crippen molar-refractivity contribution in [2.75, 3.05) is 12.3 Å². The van der Waals surface area contributed by atoms with Gasteiger partial charge in [0.2, 0.25) is 0 Å². The number of carbonyl (C=O) groups is 1. The zero-order chi connectivity index (χ0) is 13.7. The molecule has 0 heterocycles. The Kier molecular flexibility index (Phi) is 5.01. The van der Waals surface area contributed by atoms with E-state index in [1.54, 1.807) is 13.0 Å². The molecule has 1 aromatic rings. The molecule has 0 aliphatic carbocycles. The predicted molar refractivity (Wildman–Crippen MR) is 73.5 cm³/mol. The van der Waals surface area contributed by atoms with Crippen molar-refractivity contribution in [3.8, 4) is 5.75 Å². The highest BCUT2D eigenvalue weighted by molar-refractivity contribution is 5.81. The summed E-state index contributed by atoms with van der Waals surface area (Å²) in [7, 11) is 0. The minimum absolute atomic E-state index is 0.121. The zero-order valence-electron chi connectivity index (χ0n) is 11.5. The molecule has 1 atom stereocenters. The van der Waals surface area contributed by atoms with E-state index >= 15 is 0 Å². The van der Waals surface area contributed by atoms with Crippen LogP contribution in [-0.4, -0.2) is 18.6 Å². The van der Waals surface area contributed by atoms with Gasteiger partial charge in [0.25, 0.3) is 5.91 Å². The average Bonchev–Trinajstić information content (AvgIpc) is 2.31. The molecule has 1 amide bonds. The third kappa shape index (κ3) is 3.95. The molecule has 0 bridgehead atoms. The molecule has 1 rings (SSSR count). The first-order valence-electron chi connectivity index (χ1n) is 6.21. The Morgan fingerprint density at radius 2 is 2.06 bits per heavy atom. The molecule has 4 heteroatoms. The molecule has 0 saturated heterocycles. The van der Waals surface area contributed by atoms with Gasteiger partial charge in [-0.25, -0.2) is 0 Å². The van der Waals surface area contributed by atoms with Crippen LogP contribution in [0.15, 0.2) is 18.2 Å². The Bertz CT molecular complexity index is 416. The first-order chi connectivity index (χ1) is 8.41. The lowest BCUT2D eigenvalue weighted by molar-refractivity contribution is -0.127. The number of ether oxygens (including phenoxy) is 1. The Balaban J connectivity index is 2.61. The SMILES string of the molecule is Cc1cccc(OC(C)C(=O)NCC(C)C)c1N. The highest BCUT2D eigenvalue weighted by Crippen LogP contribution is 2.25. The number of carbonyl (C=O) groups excluding carboxylic acids is 1. The molecule has 100 valence electrons. The number of rotatable bonds is 5. The normalized spacial score (nSPS) is 12.3. The highest BCUT2D eigenvalue weighted by Gasteiger charge is 2.16. The van der Waals surface area contributed by atoms with E-state index in [0.717, 1.165) is 5.56 Å². The van der Waals surface area contributed by atoms with Crippen molar-refractivity contribution < 1.29 is 9.53 Å². The van der Waals surface area contributed by atoms with E-state index in [4.69, 9.17) is 10.5 Å². The lowest BCUT2D eigenvalue weighted by Gasteiger charge is -2.17. The number of anilines is 1. The molecule has 1 unspecified atom stereocenters. The smallest absolute Gasteiger partial charge is 0.260 e. The number of para-hydroxylation sites is 1. The zero-order valence-corrected chi connectivity index (χ0v) is 11.5. The lowest BCUT2D eigenvalue weighted by Crippen LogP contribution is -2.38. The van der Waals surface area contributed by atoms with Gasteiger partial charge in [-0.2, -0.15) is 0 Å².